The zero-order chi connectivity index (χ0) is 12.4. The summed E-state index contributed by atoms with van der Waals surface area (Å²) in [4.78, 5) is 22.9. The SMILES string of the molecule is CC(C)COC(=O)c1ccc2c(c1)CC(=O)N2. The smallest absolute Gasteiger partial charge is 0.338 e. The maximum absolute atomic E-state index is 11.7. The third kappa shape index (κ3) is 2.64. The first-order valence-corrected chi connectivity index (χ1v) is 5.66. The number of ether oxygens (including phenoxy) is 1. The van der Waals surface area contributed by atoms with Crippen molar-refractivity contribution in [1.29, 1.82) is 0 Å². The molecule has 0 bridgehead atoms. The van der Waals surface area contributed by atoms with E-state index in [1.165, 1.54) is 0 Å². The van der Waals surface area contributed by atoms with Crippen LogP contribution in [-0.2, 0) is 16.0 Å². The predicted molar refractivity (Wildman–Crippen MR) is 63.9 cm³/mol. The molecule has 1 heterocycles. The van der Waals surface area contributed by atoms with Gasteiger partial charge in [-0.15, -0.1) is 0 Å². The van der Waals surface area contributed by atoms with Crippen LogP contribution in [0.4, 0.5) is 5.69 Å². The summed E-state index contributed by atoms with van der Waals surface area (Å²) in [7, 11) is 0. The molecule has 0 aliphatic carbocycles. The van der Waals surface area contributed by atoms with Gasteiger partial charge in [0.2, 0.25) is 5.91 Å². The van der Waals surface area contributed by atoms with Crippen LogP contribution in [0.3, 0.4) is 0 Å². The van der Waals surface area contributed by atoms with E-state index in [1.54, 1.807) is 18.2 Å². The van der Waals surface area contributed by atoms with Crippen LogP contribution in [0.2, 0.25) is 0 Å². The summed E-state index contributed by atoms with van der Waals surface area (Å²) in [6, 6.07) is 5.13. The van der Waals surface area contributed by atoms with E-state index in [1.807, 2.05) is 13.8 Å². The molecule has 1 aliphatic rings. The molecule has 0 unspecified atom stereocenters. The zero-order valence-electron chi connectivity index (χ0n) is 9.95. The Labute approximate surface area is 100.0 Å². The lowest BCUT2D eigenvalue weighted by atomic mass is 10.1. The Morgan fingerprint density at radius 1 is 1.47 bits per heavy atom. The molecule has 4 nitrogen and oxygen atoms in total. The third-order valence-corrected chi connectivity index (χ3v) is 2.51. The van der Waals surface area contributed by atoms with Crippen LogP contribution in [0.5, 0.6) is 0 Å². The normalized spacial score (nSPS) is 13.5. The monoisotopic (exact) mass is 233 g/mol. The molecule has 1 amide bonds. The molecule has 1 N–H and O–H groups in total. The van der Waals surface area contributed by atoms with E-state index >= 15 is 0 Å². The number of hydrogen-bond acceptors (Lipinski definition) is 3. The van der Waals surface area contributed by atoms with Crippen molar-refractivity contribution in [2.45, 2.75) is 20.3 Å². The van der Waals surface area contributed by atoms with Crippen LogP contribution in [0, 0.1) is 5.92 Å². The number of amides is 1. The van der Waals surface area contributed by atoms with Crippen molar-refractivity contribution < 1.29 is 14.3 Å². The fourth-order valence-electron chi connectivity index (χ4n) is 1.68. The van der Waals surface area contributed by atoms with Gasteiger partial charge in [-0.25, -0.2) is 4.79 Å². The van der Waals surface area contributed by atoms with Crippen molar-refractivity contribution in [1.82, 2.24) is 0 Å². The highest BCUT2D eigenvalue weighted by atomic mass is 16.5. The molecule has 0 aromatic heterocycles. The summed E-state index contributed by atoms with van der Waals surface area (Å²) < 4.78 is 5.13. The summed E-state index contributed by atoms with van der Waals surface area (Å²) in [6.45, 7) is 4.38. The van der Waals surface area contributed by atoms with Crippen molar-refractivity contribution in [3.63, 3.8) is 0 Å². The van der Waals surface area contributed by atoms with Crippen molar-refractivity contribution in [2.24, 2.45) is 5.92 Å². The molecule has 0 atom stereocenters. The first-order chi connectivity index (χ1) is 8.06. The van der Waals surface area contributed by atoms with Gasteiger partial charge in [-0.1, -0.05) is 13.8 Å². The summed E-state index contributed by atoms with van der Waals surface area (Å²) in [6.07, 6.45) is 0.334. The molecule has 0 spiro atoms. The van der Waals surface area contributed by atoms with E-state index in [-0.39, 0.29) is 11.9 Å². The second-order valence-corrected chi connectivity index (χ2v) is 4.59. The summed E-state index contributed by atoms with van der Waals surface area (Å²) in [5.74, 6) is -0.0508. The molecule has 2 rings (SSSR count). The van der Waals surface area contributed by atoms with E-state index in [0.29, 0.717) is 24.5 Å². The average molecular weight is 233 g/mol. The largest absolute Gasteiger partial charge is 0.462 e. The van der Waals surface area contributed by atoms with E-state index in [2.05, 4.69) is 5.32 Å². The summed E-state index contributed by atoms with van der Waals surface area (Å²) in [5, 5.41) is 2.72. The Morgan fingerprint density at radius 3 is 2.94 bits per heavy atom. The number of fused-ring (bicyclic) bond motifs is 1. The van der Waals surface area contributed by atoms with Crippen molar-refractivity contribution in [3.05, 3.63) is 29.3 Å². The van der Waals surface area contributed by atoms with Crippen LogP contribution in [0.15, 0.2) is 18.2 Å². The molecule has 1 aromatic carbocycles. The second-order valence-electron chi connectivity index (χ2n) is 4.59. The van der Waals surface area contributed by atoms with E-state index < -0.39 is 0 Å². The first kappa shape index (κ1) is 11.6. The Kier molecular flexibility index (Phi) is 3.13. The molecule has 0 radical (unpaired) electrons. The van der Waals surface area contributed by atoms with Gasteiger partial charge in [-0.05, 0) is 29.7 Å². The molecule has 90 valence electrons. The number of benzene rings is 1. The van der Waals surface area contributed by atoms with E-state index in [9.17, 15) is 9.59 Å². The zero-order valence-corrected chi connectivity index (χ0v) is 9.95. The van der Waals surface area contributed by atoms with E-state index in [0.717, 1.165) is 11.3 Å². The first-order valence-electron chi connectivity index (χ1n) is 5.66. The number of carbonyl (C=O) groups is 2. The number of hydrogen-bond donors (Lipinski definition) is 1. The van der Waals surface area contributed by atoms with Crippen LogP contribution in [0.1, 0.15) is 29.8 Å². The highest BCUT2D eigenvalue weighted by Crippen LogP contribution is 2.24. The molecule has 17 heavy (non-hydrogen) atoms. The molecular formula is C13H15NO3. The number of anilines is 1. The van der Waals surface area contributed by atoms with Crippen molar-refractivity contribution in [2.75, 3.05) is 11.9 Å². The van der Waals surface area contributed by atoms with Gasteiger partial charge in [-0.3, -0.25) is 4.79 Å². The van der Waals surface area contributed by atoms with Gasteiger partial charge in [0.1, 0.15) is 0 Å². The minimum Gasteiger partial charge on any atom is -0.462 e. The van der Waals surface area contributed by atoms with Crippen LogP contribution >= 0.6 is 0 Å². The van der Waals surface area contributed by atoms with Gasteiger partial charge in [0, 0.05) is 5.69 Å². The summed E-state index contributed by atoms with van der Waals surface area (Å²) >= 11 is 0. The lowest BCUT2D eigenvalue weighted by Crippen LogP contribution is -2.10. The van der Waals surface area contributed by atoms with E-state index in [4.69, 9.17) is 4.74 Å². The van der Waals surface area contributed by atoms with Gasteiger partial charge in [-0.2, -0.15) is 0 Å². The van der Waals surface area contributed by atoms with Crippen molar-refractivity contribution >= 4 is 17.6 Å². The minimum atomic E-state index is -0.333. The standard InChI is InChI=1S/C13H15NO3/c1-8(2)7-17-13(16)9-3-4-11-10(5-9)6-12(15)14-11/h3-5,8H,6-7H2,1-2H3,(H,14,15). The second kappa shape index (κ2) is 4.57. The Balaban J connectivity index is 2.10. The number of carbonyl (C=O) groups excluding carboxylic acids is 2. The Bertz CT molecular complexity index is 466. The number of rotatable bonds is 3. The highest BCUT2D eigenvalue weighted by Gasteiger charge is 2.19. The Hall–Kier alpha value is -1.84. The molecule has 0 fully saturated rings. The lowest BCUT2D eigenvalue weighted by Gasteiger charge is -2.07. The highest BCUT2D eigenvalue weighted by molar-refractivity contribution is 6.00. The van der Waals surface area contributed by atoms with Crippen LogP contribution in [0.25, 0.3) is 0 Å². The topological polar surface area (TPSA) is 55.4 Å². The Morgan fingerprint density at radius 2 is 2.24 bits per heavy atom. The fourth-order valence-corrected chi connectivity index (χ4v) is 1.68. The minimum absolute atomic E-state index is 0.0345. The molecule has 1 aliphatic heterocycles. The fraction of sp³-hybridized carbons (Fsp3) is 0.385. The third-order valence-electron chi connectivity index (χ3n) is 2.51. The van der Waals surface area contributed by atoms with Gasteiger partial charge in [0.05, 0.1) is 18.6 Å². The van der Waals surface area contributed by atoms with Crippen LogP contribution in [-0.4, -0.2) is 18.5 Å². The van der Waals surface area contributed by atoms with Gasteiger partial charge in [0.15, 0.2) is 0 Å². The summed E-state index contributed by atoms with van der Waals surface area (Å²) in [5.41, 5.74) is 2.14. The average Bonchev–Trinajstić information content (AvgIpc) is 2.64. The van der Waals surface area contributed by atoms with Crippen LogP contribution < -0.4 is 5.32 Å². The molecule has 4 heteroatoms. The lowest BCUT2D eigenvalue weighted by molar-refractivity contribution is -0.115. The molecule has 1 aromatic rings. The number of nitrogens with one attached hydrogen (secondary N) is 1. The molecule has 0 saturated heterocycles. The number of esters is 1. The van der Waals surface area contributed by atoms with Gasteiger partial charge in [0.25, 0.3) is 0 Å². The maximum atomic E-state index is 11.7. The van der Waals surface area contributed by atoms with Gasteiger partial charge < -0.3 is 10.1 Å². The molecule has 0 saturated carbocycles. The van der Waals surface area contributed by atoms with Crippen molar-refractivity contribution in [3.8, 4) is 0 Å². The molecular weight excluding hydrogens is 218 g/mol. The predicted octanol–water partition coefficient (Wildman–Crippen LogP) is 1.99. The maximum Gasteiger partial charge on any atom is 0.338 e. The quantitative estimate of drug-likeness (QED) is 0.812. The van der Waals surface area contributed by atoms with Gasteiger partial charge >= 0.3 is 5.97 Å².